The van der Waals surface area contributed by atoms with Gasteiger partial charge in [0.1, 0.15) is 0 Å². The number of hydrogen-bond acceptors (Lipinski definition) is 3. The maximum atomic E-state index is 12.8. The first-order chi connectivity index (χ1) is 9.99. The van der Waals surface area contributed by atoms with Crippen LogP contribution in [0.25, 0.3) is 0 Å². The Bertz CT molecular complexity index is 432. The van der Waals surface area contributed by atoms with E-state index in [2.05, 4.69) is 28.2 Å². The van der Waals surface area contributed by atoms with Gasteiger partial charge in [-0.05, 0) is 37.6 Å². The molecule has 0 aliphatic carbocycles. The number of alkyl halides is 2. The minimum Gasteiger partial charge on any atom is -0.395 e. The molecule has 0 radical (unpaired) electrons. The van der Waals surface area contributed by atoms with Crippen LogP contribution in [0.3, 0.4) is 0 Å². The van der Waals surface area contributed by atoms with Gasteiger partial charge in [-0.1, -0.05) is 28.9 Å². The molecule has 1 rings (SSSR count). The highest BCUT2D eigenvalue weighted by molar-refractivity contribution is 9.10. The van der Waals surface area contributed by atoms with Gasteiger partial charge in [0.05, 0.1) is 13.2 Å². The van der Waals surface area contributed by atoms with Gasteiger partial charge < -0.3 is 15.3 Å². The van der Waals surface area contributed by atoms with Crippen molar-refractivity contribution in [2.75, 3.05) is 31.1 Å². The van der Waals surface area contributed by atoms with E-state index in [1.807, 2.05) is 25.1 Å². The van der Waals surface area contributed by atoms with E-state index >= 15 is 0 Å². The fraction of sp³-hybridized carbons (Fsp3) is 0.600. The molecule has 1 aromatic rings. The van der Waals surface area contributed by atoms with Crippen LogP contribution < -0.4 is 10.2 Å². The Labute approximate surface area is 133 Å². The van der Waals surface area contributed by atoms with Gasteiger partial charge in [0, 0.05) is 22.7 Å². The molecule has 0 saturated heterocycles. The lowest BCUT2D eigenvalue weighted by atomic mass is 10.0. The topological polar surface area (TPSA) is 35.5 Å². The summed E-state index contributed by atoms with van der Waals surface area (Å²) in [5.41, 5.74) is 1.69. The fourth-order valence-electron chi connectivity index (χ4n) is 2.23. The first-order valence-corrected chi connectivity index (χ1v) is 7.95. The lowest BCUT2D eigenvalue weighted by Crippen LogP contribution is -2.33. The fourth-order valence-corrected chi connectivity index (χ4v) is 2.57. The Balaban J connectivity index is 3.07. The average Bonchev–Trinajstić information content (AvgIpc) is 2.43. The highest BCUT2D eigenvalue weighted by Gasteiger charge is 2.18. The van der Waals surface area contributed by atoms with Gasteiger partial charge in [0.25, 0.3) is 6.43 Å². The number of nitrogens with one attached hydrogen (secondary N) is 1. The number of aliphatic hydroxyl groups is 1. The van der Waals surface area contributed by atoms with Crippen LogP contribution in [-0.4, -0.2) is 37.8 Å². The van der Waals surface area contributed by atoms with Crippen molar-refractivity contribution < 1.29 is 13.9 Å². The summed E-state index contributed by atoms with van der Waals surface area (Å²) in [6.45, 7) is 4.61. The molecule has 0 bridgehead atoms. The van der Waals surface area contributed by atoms with Crippen molar-refractivity contribution in [1.82, 2.24) is 5.32 Å². The maximum Gasteiger partial charge on any atom is 0.255 e. The van der Waals surface area contributed by atoms with Gasteiger partial charge in [0.15, 0.2) is 0 Å². The van der Waals surface area contributed by atoms with Crippen molar-refractivity contribution in [3.05, 3.63) is 28.2 Å². The van der Waals surface area contributed by atoms with E-state index < -0.39 is 6.43 Å². The zero-order valence-electron chi connectivity index (χ0n) is 12.5. The lowest BCUT2D eigenvalue weighted by molar-refractivity contribution is 0.152. The van der Waals surface area contributed by atoms with Crippen LogP contribution in [0.4, 0.5) is 14.5 Å². The Hall–Kier alpha value is -0.720. The van der Waals surface area contributed by atoms with Crippen LogP contribution in [0.1, 0.15) is 31.9 Å². The second kappa shape index (κ2) is 9.33. The first-order valence-electron chi connectivity index (χ1n) is 7.16. The Morgan fingerprint density at radius 3 is 2.67 bits per heavy atom. The maximum absolute atomic E-state index is 12.8. The summed E-state index contributed by atoms with van der Waals surface area (Å²) < 4.78 is 26.4. The largest absolute Gasteiger partial charge is 0.395 e. The third-order valence-electron chi connectivity index (χ3n) is 3.23. The molecule has 0 aliphatic heterocycles. The van der Waals surface area contributed by atoms with Gasteiger partial charge >= 0.3 is 0 Å². The molecule has 21 heavy (non-hydrogen) atoms. The monoisotopic (exact) mass is 364 g/mol. The molecule has 0 heterocycles. The molecular weight excluding hydrogens is 342 g/mol. The quantitative estimate of drug-likeness (QED) is 0.702. The predicted molar refractivity (Wildman–Crippen MR) is 86.2 cm³/mol. The molecule has 120 valence electrons. The molecule has 0 amide bonds. The van der Waals surface area contributed by atoms with Gasteiger partial charge in [-0.3, -0.25) is 0 Å². The third-order valence-corrected chi connectivity index (χ3v) is 3.72. The van der Waals surface area contributed by atoms with Crippen LogP contribution in [0.5, 0.6) is 0 Å². The van der Waals surface area contributed by atoms with E-state index in [1.54, 1.807) is 0 Å². The van der Waals surface area contributed by atoms with Gasteiger partial charge in [0.2, 0.25) is 0 Å². The molecule has 0 saturated carbocycles. The van der Waals surface area contributed by atoms with Crippen LogP contribution in [-0.2, 0) is 0 Å². The predicted octanol–water partition coefficient (Wildman–Crippen LogP) is 3.57. The van der Waals surface area contributed by atoms with Crippen molar-refractivity contribution in [3.63, 3.8) is 0 Å². The molecule has 1 aromatic carbocycles. The van der Waals surface area contributed by atoms with Crippen molar-refractivity contribution >= 4 is 21.6 Å². The minimum absolute atomic E-state index is 0.0620. The molecule has 6 heteroatoms. The number of rotatable bonds is 9. The summed E-state index contributed by atoms with van der Waals surface area (Å²) in [5, 5.41) is 12.5. The van der Waals surface area contributed by atoms with E-state index in [0.717, 1.165) is 28.7 Å². The smallest absolute Gasteiger partial charge is 0.255 e. The summed E-state index contributed by atoms with van der Waals surface area (Å²) in [6, 6.07) is 5.73. The summed E-state index contributed by atoms with van der Waals surface area (Å²) in [4.78, 5) is 1.54. The summed E-state index contributed by atoms with van der Waals surface area (Å²) in [5.74, 6) is 0. The normalized spacial score (nSPS) is 12.7. The third kappa shape index (κ3) is 5.88. The van der Waals surface area contributed by atoms with Gasteiger partial charge in [-0.2, -0.15) is 0 Å². The Morgan fingerprint density at radius 2 is 2.10 bits per heavy atom. The van der Waals surface area contributed by atoms with E-state index in [4.69, 9.17) is 5.11 Å². The van der Waals surface area contributed by atoms with E-state index in [9.17, 15) is 8.78 Å². The number of halogens is 3. The minimum atomic E-state index is -2.44. The van der Waals surface area contributed by atoms with E-state index in [1.165, 1.54) is 4.90 Å². The summed E-state index contributed by atoms with van der Waals surface area (Å²) in [7, 11) is 0. The molecule has 0 aliphatic rings. The Kier molecular flexibility index (Phi) is 8.14. The molecule has 0 aromatic heterocycles. The van der Waals surface area contributed by atoms with Crippen molar-refractivity contribution in [3.8, 4) is 0 Å². The lowest BCUT2D eigenvalue weighted by Gasteiger charge is -2.28. The van der Waals surface area contributed by atoms with Crippen LogP contribution in [0.15, 0.2) is 22.7 Å². The first kappa shape index (κ1) is 18.3. The zero-order chi connectivity index (χ0) is 15.8. The molecule has 1 atom stereocenters. The van der Waals surface area contributed by atoms with Crippen molar-refractivity contribution in [2.24, 2.45) is 0 Å². The molecule has 1 unspecified atom stereocenters. The highest BCUT2D eigenvalue weighted by atomic mass is 79.9. The van der Waals surface area contributed by atoms with Crippen molar-refractivity contribution in [1.29, 1.82) is 0 Å². The Morgan fingerprint density at radius 1 is 1.38 bits per heavy atom. The molecule has 0 fully saturated rings. The van der Waals surface area contributed by atoms with Gasteiger partial charge in [-0.25, -0.2) is 8.78 Å². The average molecular weight is 365 g/mol. The standard InChI is InChI=1S/C15H23BrF2N2O/c1-3-6-19-11(2)13-5-4-12(16)9-14(13)20(7-8-21)10-15(17)18/h4-5,9,11,15,19,21H,3,6-8,10H2,1-2H3. The van der Waals surface area contributed by atoms with E-state index in [0.29, 0.717) is 0 Å². The van der Waals surface area contributed by atoms with Gasteiger partial charge in [-0.15, -0.1) is 0 Å². The summed E-state index contributed by atoms with van der Waals surface area (Å²) in [6.07, 6.45) is -1.43. The second-order valence-corrected chi connectivity index (χ2v) is 5.86. The SMILES string of the molecule is CCCNC(C)c1ccc(Br)cc1N(CCO)CC(F)F. The molecule has 0 spiro atoms. The number of aliphatic hydroxyl groups excluding tert-OH is 1. The highest BCUT2D eigenvalue weighted by Crippen LogP contribution is 2.30. The van der Waals surface area contributed by atoms with Crippen LogP contribution in [0.2, 0.25) is 0 Å². The number of anilines is 1. The van der Waals surface area contributed by atoms with Crippen LogP contribution in [0, 0.1) is 0 Å². The molecule has 3 nitrogen and oxygen atoms in total. The van der Waals surface area contributed by atoms with Crippen LogP contribution >= 0.6 is 15.9 Å². The zero-order valence-corrected chi connectivity index (χ0v) is 14.0. The number of benzene rings is 1. The second-order valence-electron chi connectivity index (χ2n) is 4.94. The molecular formula is C15H23BrF2N2O. The van der Waals surface area contributed by atoms with E-state index in [-0.39, 0.29) is 25.7 Å². The summed E-state index contributed by atoms with van der Waals surface area (Å²) >= 11 is 3.39. The molecule has 2 N–H and O–H groups in total. The van der Waals surface area contributed by atoms with Crippen molar-refractivity contribution in [2.45, 2.75) is 32.7 Å². The number of hydrogen-bond donors (Lipinski definition) is 2. The number of nitrogens with zero attached hydrogens (tertiary/aromatic N) is 1.